The molecule has 2 fully saturated rings. The van der Waals surface area contributed by atoms with E-state index in [1.807, 2.05) is 0 Å². The summed E-state index contributed by atoms with van der Waals surface area (Å²) in [4.78, 5) is 2.30. The standard InChI is InChI=1S/C12H23N3O/c13-11(14-16)10-15-8-6-12(7-9-15)4-2-1-3-5-12/h16H,1-10H2,(H2,13,14). The third-order valence-electron chi connectivity index (χ3n) is 4.34. The second kappa shape index (κ2) is 5.04. The van der Waals surface area contributed by atoms with Crippen LogP contribution in [0.1, 0.15) is 44.9 Å². The maximum atomic E-state index is 8.54. The molecule has 1 heterocycles. The van der Waals surface area contributed by atoms with Gasteiger partial charge in [0.05, 0.1) is 6.54 Å². The molecule has 1 saturated heterocycles. The molecule has 0 aromatic carbocycles. The van der Waals surface area contributed by atoms with Crippen molar-refractivity contribution in [3.05, 3.63) is 0 Å². The highest BCUT2D eigenvalue weighted by atomic mass is 16.4. The van der Waals surface area contributed by atoms with Gasteiger partial charge in [0, 0.05) is 0 Å². The molecule has 0 unspecified atom stereocenters. The summed E-state index contributed by atoms with van der Waals surface area (Å²) in [6, 6.07) is 0. The molecule has 92 valence electrons. The average molecular weight is 225 g/mol. The first-order chi connectivity index (χ1) is 7.74. The molecular formula is C12H23N3O. The molecule has 2 aliphatic rings. The van der Waals surface area contributed by atoms with Crippen LogP contribution in [0.3, 0.4) is 0 Å². The van der Waals surface area contributed by atoms with Gasteiger partial charge in [0.2, 0.25) is 0 Å². The Kier molecular flexibility index (Phi) is 3.69. The summed E-state index contributed by atoms with van der Waals surface area (Å²) < 4.78 is 0. The SMILES string of the molecule is NC(CN1CCC2(CCCCC2)CC1)=NO. The molecule has 0 aromatic rings. The first-order valence-electron chi connectivity index (χ1n) is 6.43. The van der Waals surface area contributed by atoms with E-state index in [0.717, 1.165) is 13.1 Å². The second-order valence-corrected chi connectivity index (χ2v) is 5.43. The topological polar surface area (TPSA) is 61.8 Å². The fourth-order valence-corrected chi connectivity index (χ4v) is 3.25. The molecule has 0 amide bonds. The van der Waals surface area contributed by atoms with Crippen molar-refractivity contribution in [2.45, 2.75) is 44.9 Å². The van der Waals surface area contributed by atoms with Gasteiger partial charge in [-0.3, -0.25) is 4.90 Å². The number of amidine groups is 1. The van der Waals surface area contributed by atoms with Gasteiger partial charge in [-0.2, -0.15) is 0 Å². The van der Waals surface area contributed by atoms with Gasteiger partial charge in [0.25, 0.3) is 0 Å². The zero-order chi connectivity index (χ0) is 11.4. The molecule has 0 bridgehead atoms. The predicted octanol–water partition coefficient (Wildman–Crippen LogP) is 1.78. The molecule has 4 heteroatoms. The molecule has 16 heavy (non-hydrogen) atoms. The van der Waals surface area contributed by atoms with Crippen LogP contribution in [0.25, 0.3) is 0 Å². The van der Waals surface area contributed by atoms with Crippen LogP contribution in [0.5, 0.6) is 0 Å². The summed E-state index contributed by atoms with van der Waals surface area (Å²) in [6.45, 7) is 2.83. The van der Waals surface area contributed by atoms with E-state index < -0.39 is 0 Å². The van der Waals surface area contributed by atoms with E-state index in [-0.39, 0.29) is 0 Å². The van der Waals surface area contributed by atoms with Crippen LogP contribution < -0.4 is 5.73 Å². The zero-order valence-corrected chi connectivity index (χ0v) is 9.99. The lowest BCUT2D eigenvalue weighted by Gasteiger charge is -2.44. The molecule has 1 spiro atoms. The Balaban J connectivity index is 1.81. The maximum absolute atomic E-state index is 8.54. The summed E-state index contributed by atoms with van der Waals surface area (Å²) in [5.74, 6) is 0.333. The van der Waals surface area contributed by atoms with Crippen LogP contribution >= 0.6 is 0 Å². The van der Waals surface area contributed by atoms with Crippen LogP contribution in [0, 0.1) is 5.41 Å². The number of hydrogen-bond acceptors (Lipinski definition) is 3. The molecule has 2 rings (SSSR count). The van der Waals surface area contributed by atoms with E-state index in [4.69, 9.17) is 10.9 Å². The quantitative estimate of drug-likeness (QED) is 0.326. The van der Waals surface area contributed by atoms with Crippen LogP contribution in [0.4, 0.5) is 0 Å². The Labute approximate surface area is 97.5 Å². The molecule has 0 aromatic heterocycles. The number of nitrogens with two attached hydrogens (primary N) is 1. The zero-order valence-electron chi connectivity index (χ0n) is 9.99. The number of oxime groups is 1. The fourth-order valence-electron chi connectivity index (χ4n) is 3.25. The molecule has 3 N–H and O–H groups in total. The third-order valence-corrected chi connectivity index (χ3v) is 4.34. The number of rotatable bonds is 2. The Morgan fingerprint density at radius 2 is 1.75 bits per heavy atom. The minimum absolute atomic E-state index is 0.333. The number of piperidine rings is 1. The monoisotopic (exact) mass is 225 g/mol. The number of nitrogens with zero attached hydrogens (tertiary/aromatic N) is 2. The summed E-state index contributed by atoms with van der Waals surface area (Å²) >= 11 is 0. The highest BCUT2D eigenvalue weighted by Gasteiger charge is 2.35. The van der Waals surface area contributed by atoms with Gasteiger partial charge in [-0.15, -0.1) is 0 Å². The van der Waals surface area contributed by atoms with Gasteiger partial charge in [-0.1, -0.05) is 24.4 Å². The fraction of sp³-hybridized carbons (Fsp3) is 0.917. The van der Waals surface area contributed by atoms with E-state index in [1.165, 1.54) is 44.9 Å². The van der Waals surface area contributed by atoms with Gasteiger partial charge in [0.15, 0.2) is 5.84 Å². The van der Waals surface area contributed by atoms with Crippen LogP contribution in [-0.4, -0.2) is 35.6 Å². The maximum Gasteiger partial charge on any atom is 0.153 e. The molecular weight excluding hydrogens is 202 g/mol. The van der Waals surface area contributed by atoms with Gasteiger partial charge < -0.3 is 10.9 Å². The molecule has 1 aliphatic carbocycles. The van der Waals surface area contributed by atoms with Crippen molar-refractivity contribution in [3.8, 4) is 0 Å². The molecule has 4 nitrogen and oxygen atoms in total. The first-order valence-corrected chi connectivity index (χ1v) is 6.43. The average Bonchev–Trinajstić information content (AvgIpc) is 2.33. The molecule has 1 aliphatic heterocycles. The Morgan fingerprint density at radius 3 is 2.31 bits per heavy atom. The van der Waals surface area contributed by atoms with Crippen molar-refractivity contribution in [3.63, 3.8) is 0 Å². The number of likely N-dealkylation sites (tertiary alicyclic amines) is 1. The highest BCUT2D eigenvalue weighted by molar-refractivity contribution is 5.81. The van der Waals surface area contributed by atoms with Crippen molar-refractivity contribution in [2.24, 2.45) is 16.3 Å². The lowest BCUT2D eigenvalue weighted by molar-refractivity contribution is 0.0751. The van der Waals surface area contributed by atoms with E-state index in [2.05, 4.69) is 10.1 Å². The highest BCUT2D eigenvalue weighted by Crippen LogP contribution is 2.44. The van der Waals surface area contributed by atoms with Crippen molar-refractivity contribution in [2.75, 3.05) is 19.6 Å². The van der Waals surface area contributed by atoms with Crippen molar-refractivity contribution >= 4 is 5.84 Å². The molecule has 1 saturated carbocycles. The summed E-state index contributed by atoms with van der Waals surface area (Å²) in [7, 11) is 0. The Morgan fingerprint density at radius 1 is 1.12 bits per heavy atom. The van der Waals surface area contributed by atoms with Crippen molar-refractivity contribution < 1.29 is 5.21 Å². The van der Waals surface area contributed by atoms with E-state index in [0.29, 0.717) is 17.8 Å². The van der Waals surface area contributed by atoms with Gasteiger partial charge in [-0.05, 0) is 44.2 Å². The summed E-state index contributed by atoms with van der Waals surface area (Å²) in [6.07, 6.45) is 9.70. The minimum Gasteiger partial charge on any atom is -0.409 e. The van der Waals surface area contributed by atoms with Crippen LogP contribution in [0.2, 0.25) is 0 Å². The normalized spacial score (nSPS) is 27.1. The lowest BCUT2D eigenvalue weighted by atomic mass is 9.68. The van der Waals surface area contributed by atoms with E-state index >= 15 is 0 Å². The van der Waals surface area contributed by atoms with Gasteiger partial charge >= 0.3 is 0 Å². The van der Waals surface area contributed by atoms with Gasteiger partial charge in [-0.25, -0.2) is 0 Å². The third kappa shape index (κ3) is 2.67. The molecule has 0 radical (unpaired) electrons. The molecule has 0 atom stereocenters. The lowest BCUT2D eigenvalue weighted by Crippen LogP contribution is -2.44. The van der Waals surface area contributed by atoms with E-state index in [9.17, 15) is 0 Å². The summed E-state index contributed by atoms with van der Waals surface area (Å²) in [5.41, 5.74) is 6.17. The number of hydrogen-bond donors (Lipinski definition) is 2. The Bertz CT molecular complexity index is 249. The van der Waals surface area contributed by atoms with Crippen LogP contribution in [0.15, 0.2) is 5.16 Å². The predicted molar refractivity (Wildman–Crippen MR) is 64.6 cm³/mol. The first kappa shape index (κ1) is 11.7. The smallest absolute Gasteiger partial charge is 0.153 e. The summed E-state index contributed by atoms with van der Waals surface area (Å²) in [5, 5.41) is 11.6. The Hall–Kier alpha value is -0.770. The van der Waals surface area contributed by atoms with Crippen LogP contribution in [-0.2, 0) is 0 Å². The van der Waals surface area contributed by atoms with Gasteiger partial charge in [0.1, 0.15) is 0 Å². The minimum atomic E-state index is 0.333. The van der Waals surface area contributed by atoms with Crippen molar-refractivity contribution in [1.82, 2.24) is 4.90 Å². The largest absolute Gasteiger partial charge is 0.409 e. The second-order valence-electron chi connectivity index (χ2n) is 5.43. The van der Waals surface area contributed by atoms with Crippen molar-refractivity contribution in [1.29, 1.82) is 0 Å². The van der Waals surface area contributed by atoms with E-state index in [1.54, 1.807) is 0 Å².